The summed E-state index contributed by atoms with van der Waals surface area (Å²) in [5.41, 5.74) is 0. The molecule has 0 aromatic rings. The van der Waals surface area contributed by atoms with Crippen LogP contribution in [0.1, 0.15) is 104 Å². The van der Waals surface area contributed by atoms with Gasteiger partial charge in [-0.3, -0.25) is 4.79 Å². The molecule has 0 aliphatic heterocycles. The maximum atomic E-state index is 11.4. The van der Waals surface area contributed by atoms with Crippen LogP contribution in [0.3, 0.4) is 0 Å². The Morgan fingerprint density at radius 2 is 0.923 bits per heavy atom. The zero-order chi connectivity index (χ0) is 19.1. The molecule has 0 bridgehead atoms. The van der Waals surface area contributed by atoms with Gasteiger partial charge in [0, 0.05) is 12.8 Å². The normalized spacial score (nSPS) is 8.69. The molecule has 140 valence electrons. The molecule has 0 aromatic carbocycles. The average Bonchev–Trinajstić information content (AvgIpc) is 2.64. The van der Waals surface area contributed by atoms with Crippen molar-refractivity contribution in [2.75, 3.05) is 0 Å². The maximum Gasteiger partial charge on any atom is 0.281 e. The number of Topliss-reactive ketones (excluding diaryl/α,β-unsaturated/α-hetero) is 1. The van der Waals surface area contributed by atoms with Crippen molar-refractivity contribution in [1.29, 1.82) is 0 Å². The van der Waals surface area contributed by atoms with E-state index in [9.17, 15) is 4.79 Å². The minimum Gasteiger partial charge on any atom is -0.270 e. The first kappa shape index (κ1) is 23.9. The summed E-state index contributed by atoms with van der Waals surface area (Å²) in [6.07, 6.45) is 16.8. The Kier molecular flexibility index (Phi) is 19.3. The lowest BCUT2D eigenvalue weighted by molar-refractivity contribution is -0.108. The van der Waals surface area contributed by atoms with Gasteiger partial charge in [0.15, 0.2) is 0 Å². The van der Waals surface area contributed by atoms with Gasteiger partial charge in [-0.2, -0.15) is 0 Å². The summed E-state index contributed by atoms with van der Waals surface area (Å²) < 4.78 is 0. The van der Waals surface area contributed by atoms with Crippen LogP contribution in [0.2, 0.25) is 0 Å². The Balaban J connectivity index is 3.75. The number of rotatable bonds is 12. The molecule has 0 N–H and O–H groups in total. The topological polar surface area (TPSA) is 17.1 Å². The minimum absolute atomic E-state index is 0.410. The van der Waals surface area contributed by atoms with Crippen LogP contribution in [-0.2, 0) is 4.79 Å². The number of unbranched alkanes of at least 4 members (excludes halogenated alkanes) is 12. The van der Waals surface area contributed by atoms with Gasteiger partial charge in [0.2, 0.25) is 0 Å². The summed E-state index contributed by atoms with van der Waals surface area (Å²) in [5, 5.41) is 0. The molecule has 0 unspecified atom stereocenters. The first-order valence-corrected chi connectivity index (χ1v) is 10.3. The molecule has 0 atom stereocenters. The van der Waals surface area contributed by atoms with Crippen molar-refractivity contribution in [1.82, 2.24) is 0 Å². The second-order valence-corrected chi connectivity index (χ2v) is 6.47. The number of carbonyl (C=O) groups is 1. The van der Waals surface area contributed by atoms with Crippen molar-refractivity contribution in [2.45, 2.75) is 104 Å². The van der Waals surface area contributed by atoms with Crippen LogP contribution in [0.5, 0.6) is 0 Å². The van der Waals surface area contributed by atoms with Crippen molar-refractivity contribution < 1.29 is 4.79 Å². The van der Waals surface area contributed by atoms with Crippen molar-refractivity contribution >= 4 is 5.78 Å². The summed E-state index contributed by atoms with van der Waals surface area (Å²) in [4.78, 5) is 11.4. The molecular weight excluding hydrogens is 316 g/mol. The first-order valence-electron chi connectivity index (χ1n) is 10.3. The fourth-order valence-electron chi connectivity index (χ4n) is 2.41. The van der Waals surface area contributed by atoms with Gasteiger partial charge < -0.3 is 0 Å². The molecule has 0 aromatic heterocycles. The monoisotopic (exact) mass is 350 g/mol. The van der Waals surface area contributed by atoms with Gasteiger partial charge in [-0.05, 0) is 48.4 Å². The van der Waals surface area contributed by atoms with Crippen molar-refractivity contribution in [2.24, 2.45) is 0 Å². The van der Waals surface area contributed by atoms with Crippen molar-refractivity contribution in [3.05, 3.63) is 0 Å². The van der Waals surface area contributed by atoms with E-state index in [4.69, 9.17) is 0 Å². The van der Waals surface area contributed by atoms with Crippen LogP contribution >= 0.6 is 0 Å². The van der Waals surface area contributed by atoms with Gasteiger partial charge >= 0.3 is 0 Å². The molecule has 0 spiro atoms. The van der Waals surface area contributed by atoms with E-state index in [2.05, 4.69) is 61.2 Å². The quantitative estimate of drug-likeness (QED) is 0.237. The van der Waals surface area contributed by atoms with Crippen molar-refractivity contribution in [3.8, 4) is 47.4 Å². The zero-order valence-corrected chi connectivity index (χ0v) is 16.8. The molecule has 0 rings (SSSR count). The predicted octanol–water partition coefficient (Wildman–Crippen LogP) is 6.07. The predicted molar refractivity (Wildman–Crippen MR) is 112 cm³/mol. The third kappa shape index (κ3) is 20.0. The van der Waals surface area contributed by atoms with E-state index in [1.165, 1.54) is 64.2 Å². The van der Waals surface area contributed by atoms with Crippen LogP contribution in [0.4, 0.5) is 0 Å². The van der Waals surface area contributed by atoms with Crippen LogP contribution in [0, 0.1) is 47.4 Å². The van der Waals surface area contributed by atoms with E-state index >= 15 is 0 Å². The van der Waals surface area contributed by atoms with Crippen LogP contribution in [0.15, 0.2) is 0 Å². The molecule has 26 heavy (non-hydrogen) atoms. The standard InChI is InChI=1S/C25H34O/c1-3-5-7-9-11-13-15-17-19-21-23-25(26)24-22-20-18-16-14-12-10-8-6-4-2/h3-16H2,1-2H3. The van der Waals surface area contributed by atoms with Gasteiger partial charge in [0.1, 0.15) is 0 Å². The van der Waals surface area contributed by atoms with Crippen LogP contribution in [0.25, 0.3) is 0 Å². The molecule has 1 heteroatoms. The molecule has 0 amide bonds. The number of ketones is 1. The fraction of sp³-hybridized carbons (Fsp3) is 0.640. The van der Waals surface area contributed by atoms with Gasteiger partial charge in [-0.25, -0.2) is 0 Å². The summed E-state index contributed by atoms with van der Waals surface area (Å²) in [6, 6.07) is 0. The Morgan fingerprint density at radius 1 is 0.538 bits per heavy atom. The minimum atomic E-state index is -0.410. The lowest BCUT2D eigenvalue weighted by atomic mass is 10.1. The van der Waals surface area contributed by atoms with Crippen LogP contribution in [-0.4, -0.2) is 5.78 Å². The SMILES string of the molecule is CCCCCCCCC#CC#CC(=O)C#CC#CCCCCCCCC. The summed E-state index contributed by atoms with van der Waals surface area (Å²) in [7, 11) is 0. The number of hydrogen-bond donors (Lipinski definition) is 0. The first-order chi connectivity index (χ1) is 12.8. The third-order valence-electron chi connectivity index (χ3n) is 3.96. The second-order valence-electron chi connectivity index (χ2n) is 6.47. The Morgan fingerprint density at radius 3 is 1.35 bits per heavy atom. The highest BCUT2D eigenvalue weighted by Gasteiger charge is 1.88. The second kappa shape index (κ2) is 21.0. The Bertz CT molecular complexity index is 541. The molecular formula is C25H34O. The molecule has 0 aliphatic rings. The third-order valence-corrected chi connectivity index (χ3v) is 3.96. The highest BCUT2D eigenvalue weighted by molar-refractivity contribution is 6.09. The van der Waals surface area contributed by atoms with E-state index in [1.54, 1.807) is 0 Å². The van der Waals surface area contributed by atoms with Gasteiger partial charge in [-0.15, -0.1) is 0 Å². The van der Waals surface area contributed by atoms with E-state index in [-0.39, 0.29) is 0 Å². The molecule has 1 nitrogen and oxygen atoms in total. The Labute approximate surface area is 162 Å². The molecule has 0 aliphatic carbocycles. The summed E-state index contributed by atoms with van der Waals surface area (Å²) in [5.74, 6) is 21.0. The highest BCUT2D eigenvalue weighted by Crippen LogP contribution is 2.06. The molecule has 0 saturated carbocycles. The van der Waals surface area contributed by atoms with Crippen molar-refractivity contribution in [3.63, 3.8) is 0 Å². The lowest BCUT2D eigenvalue weighted by Crippen LogP contribution is -1.85. The highest BCUT2D eigenvalue weighted by atomic mass is 16.1. The summed E-state index contributed by atoms with van der Waals surface area (Å²) >= 11 is 0. The molecule has 0 fully saturated rings. The summed E-state index contributed by atoms with van der Waals surface area (Å²) in [6.45, 7) is 4.44. The van der Waals surface area contributed by atoms with Gasteiger partial charge in [-0.1, -0.05) is 89.9 Å². The molecule has 0 radical (unpaired) electrons. The average molecular weight is 351 g/mol. The number of hydrogen-bond acceptors (Lipinski definition) is 1. The van der Waals surface area contributed by atoms with Gasteiger partial charge in [0.25, 0.3) is 5.78 Å². The Hall–Kier alpha value is -2.09. The molecule has 0 heterocycles. The lowest BCUT2D eigenvalue weighted by Gasteiger charge is -1.96. The molecule has 0 saturated heterocycles. The smallest absolute Gasteiger partial charge is 0.270 e. The largest absolute Gasteiger partial charge is 0.281 e. The fourth-order valence-corrected chi connectivity index (χ4v) is 2.41. The maximum absolute atomic E-state index is 11.4. The van der Waals surface area contributed by atoms with E-state index in [1.807, 2.05) is 0 Å². The van der Waals surface area contributed by atoms with E-state index in [0.717, 1.165) is 25.7 Å². The van der Waals surface area contributed by atoms with Gasteiger partial charge in [0.05, 0.1) is 0 Å². The number of carbonyl (C=O) groups excluding carboxylic acids is 1. The van der Waals surface area contributed by atoms with Crippen LogP contribution < -0.4 is 0 Å². The zero-order valence-electron chi connectivity index (χ0n) is 16.8. The van der Waals surface area contributed by atoms with E-state index in [0.29, 0.717) is 0 Å². The van der Waals surface area contributed by atoms with E-state index < -0.39 is 5.78 Å².